The molecule has 6 heteroatoms. The Morgan fingerprint density at radius 1 is 1.09 bits per heavy atom. The van der Waals surface area contributed by atoms with Crippen molar-refractivity contribution in [3.63, 3.8) is 0 Å². The number of hydrogen-bond acceptors (Lipinski definition) is 5. The number of amides is 1. The highest BCUT2D eigenvalue weighted by molar-refractivity contribution is 5.76. The summed E-state index contributed by atoms with van der Waals surface area (Å²) in [4.78, 5) is 15.3. The second kappa shape index (κ2) is 10.0. The molecule has 1 aromatic carbocycles. The van der Waals surface area contributed by atoms with Crippen molar-refractivity contribution in [1.29, 1.82) is 0 Å². The number of hydrogen-bond donors (Lipinski definition) is 1. The summed E-state index contributed by atoms with van der Waals surface area (Å²) in [5.41, 5.74) is -0.222. The van der Waals surface area contributed by atoms with Crippen LogP contribution in [0.5, 0.6) is 5.75 Å². The molecule has 1 amide bonds. The highest BCUT2D eigenvalue weighted by Gasteiger charge is 2.61. The van der Waals surface area contributed by atoms with Crippen molar-refractivity contribution in [2.45, 2.75) is 84.2 Å². The van der Waals surface area contributed by atoms with Gasteiger partial charge in [0.05, 0.1) is 18.8 Å². The fraction of sp³-hybridized carbons (Fsp3) is 0.759. The highest BCUT2D eigenvalue weighted by Crippen LogP contribution is 2.62. The Morgan fingerprint density at radius 2 is 1.83 bits per heavy atom. The van der Waals surface area contributed by atoms with Crippen LogP contribution in [0.25, 0.3) is 0 Å². The molecule has 4 aliphatic rings. The van der Waals surface area contributed by atoms with Crippen LogP contribution in [-0.2, 0) is 14.3 Å². The molecule has 0 bridgehead atoms. The molecule has 0 spiro atoms. The Balaban J connectivity index is 1.25. The molecule has 2 aliphatic heterocycles. The molecule has 35 heavy (non-hydrogen) atoms. The molecule has 2 saturated heterocycles. The molecule has 6 nitrogen and oxygen atoms in total. The van der Waals surface area contributed by atoms with E-state index in [2.05, 4.69) is 20.8 Å². The van der Waals surface area contributed by atoms with Crippen molar-refractivity contribution >= 4 is 5.91 Å². The molecule has 5 rings (SSSR count). The van der Waals surface area contributed by atoms with Gasteiger partial charge in [-0.25, -0.2) is 0 Å². The quantitative estimate of drug-likeness (QED) is 0.658. The van der Waals surface area contributed by atoms with Crippen LogP contribution >= 0.6 is 0 Å². The first kappa shape index (κ1) is 25.0. The Labute approximate surface area is 210 Å². The van der Waals surface area contributed by atoms with Crippen molar-refractivity contribution in [1.82, 2.24) is 4.90 Å². The predicted octanol–water partition coefficient (Wildman–Crippen LogP) is 4.65. The maximum atomic E-state index is 13.3. The molecule has 194 valence electrons. The molecule has 0 aromatic heterocycles. The Kier molecular flexibility index (Phi) is 7.17. The van der Waals surface area contributed by atoms with Gasteiger partial charge in [-0.1, -0.05) is 39.0 Å². The fourth-order valence-electron chi connectivity index (χ4n) is 7.63. The lowest BCUT2D eigenvalue weighted by Gasteiger charge is -2.63. The van der Waals surface area contributed by atoms with Gasteiger partial charge in [0.1, 0.15) is 12.4 Å². The summed E-state index contributed by atoms with van der Waals surface area (Å²) in [5, 5.41) is 11.1. The van der Waals surface area contributed by atoms with Crippen LogP contribution in [0.4, 0.5) is 0 Å². The molecular formula is C29H43NO5. The molecule has 7 atom stereocenters. The number of nitrogens with zero attached hydrogens (tertiary/aromatic N) is 1. The van der Waals surface area contributed by atoms with Crippen molar-refractivity contribution in [2.75, 3.05) is 26.3 Å². The molecule has 2 saturated carbocycles. The first-order valence-corrected chi connectivity index (χ1v) is 13.7. The van der Waals surface area contributed by atoms with E-state index in [9.17, 15) is 9.90 Å². The molecule has 2 heterocycles. The van der Waals surface area contributed by atoms with E-state index in [-0.39, 0.29) is 35.0 Å². The van der Waals surface area contributed by atoms with Gasteiger partial charge in [-0.3, -0.25) is 4.79 Å². The maximum Gasteiger partial charge on any atom is 0.222 e. The van der Waals surface area contributed by atoms with Crippen LogP contribution < -0.4 is 4.74 Å². The lowest BCUT2D eigenvalue weighted by molar-refractivity contribution is -0.313. The third-order valence-electron chi connectivity index (χ3n) is 9.89. The number of benzene rings is 1. The number of rotatable bonds is 5. The third kappa shape index (κ3) is 4.86. The zero-order valence-electron chi connectivity index (χ0n) is 21.7. The van der Waals surface area contributed by atoms with Crippen LogP contribution in [0.3, 0.4) is 0 Å². The smallest absolute Gasteiger partial charge is 0.222 e. The SMILES string of the molecule is CC1CCN(C(=O)CC2C(O)CCC3C4(C)COC(COc5ccccc5)OC4CCC23C)CC1. The maximum absolute atomic E-state index is 13.3. The molecule has 1 aromatic rings. The van der Waals surface area contributed by atoms with Crippen LogP contribution in [-0.4, -0.2) is 60.7 Å². The summed E-state index contributed by atoms with van der Waals surface area (Å²) in [6, 6.07) is 9.78. The average molecular weight is 486 g/mol. The molecule has 0 radical (unpaired) electrons. The first-order valence-electron chi connectivity index (χ1n) is 13.7. The van der Waals surface area contributed by atoms with E-state index in [0.29, 0.717) is 31.5 Å². The number of carbonyl (C=O) groups excluding carboxylic acids is 1. The van der Waals surface area contributed by atoms with Crippen molar-refractivity contribution < 1.29 is 24.1 Å². The largest absolute Gasteiger partial charge is 0.488 e. The van der Waals surface area contributed by atoms with Crippen LogP contribution in [0.15, 0.2) is 30.3 Å². The third-order valence-corrected chi connectivity index (χ3v) is 9.89. The van der Waals surface area contributed by atoms with Gasteiger partial charge in [-0.2, -0.15) is 0 Å². The molecule has 7 unspecified atom stereocenters. The summed E-state index contributed by atoms with van der Waals surface area (Å²) in [6.07, 6.45) is 5.54. The number of para-hydroxylation sites is 1. The zero-order valence-corrected chi connectivity index (χ0v) is 21.7. The predicted molar refractivity (Wildman–Crippen MR) is 134 cm³/mol. The van der Waals surface area contributed by atoms with Crippen molar-refractivity contribution in [3.8, 4) is 5.75 Å². The van der Waals surface area contributed by atoms with E-state index >= 15 is 0 Å². The van der Waals surface area contributed by atoms with E-state index < -0.39 is 6.10 Å². The van der Waals surface area contributed by atoms with Crippen LogP contribution in [0, 0.1) is 28.6 Å². The minimum atomic E-state index is -0.415. The average Bonchev–Trinajstić information content (AvgIpc) is 2.86. The van der Waals surface area contributed by atoms with Crippen molar-refractivity contribution in [3.05, 3.63) is 30.3 Å². The summed E-state index contributed by atoms with van der Waals surface area (Å²) >= 11 is 0. The van der Waals surface area contributed by atoms with Crippen LogP contribution in [0.2, 0.25) is 0 Å². The normalized spacial score (nSPS) is 40.0. The first-order chi connectivity index (χ1) is 16.8. The van der Waals surface area contributed by atoms with Gasteiger partial charge in [0.15, 0.2) is 6.29 Å². The molecule has 4 fully saturated rings. The summed E-state index contributed by atoms with van der Waals surface area (Å²) in [7, 11) is 0. The van der Waals surface area contributed by atoms with E-state index in [1.165, 1.54) is 0 Å². The van der Waals surface area contributed by atoms with Gasteiger partial charge in [-0.05, 0) is 73.8 Å². The van der Waals surface area contributed by atoms with Gasteiger partial charge in [-0.15, -0.1) is 0 Å². The number of aliphatic hydroxyl groups excluding tert-OH is 1. The van der Waals surface area contributed by atoms with Crippen LogP contribution in [0.1, 0.15) is 65.7 Å². The number of ether oxygens (including phenoxy) is 3. The standard InChI is InChI=1S/C29H43NO5/c1-20-12-15-30(16-13-20)26(32)17-22-23(31)9-10-24-28(22,2)14-11-25-29(24,3)19-34-27(35-25)18-33-21-7-5-4-6-8-21/h4-8,20,22-25,27,31H,9-19H2,1-3H3. The second-order valence-electron chi connectivity index (χ2n) is 12.1. The number of aliphatic hydroxyl groups is 1. The lowest BCUT2D eigenvalue weighted by Crippen LogP contribution is -2.63. The fourth-order valence-corrected chi connectivity index (χ4v) is 7.63. The number of carbonyl (C=O) groups is 1. The van der Waals surface area contributed by atoms with E-state index in [1.54, 1.807) is 0 Å². The van der Waals surface area contributed by atoms with Gasteiger partial charge in [0, 0.05) is 24.9 Å². The second-order valence-corrected chi connectivity index (χ2v) is 12.1. The molecular weight excluding hydrogens is 442 g/mol. The zero-order chi connectivity index (χ0) is 24.6. The number of piperidine rings is 1. The number of fused-ring (bicyclic) bond motifs is 3. The highest BCUT2D eigenvalue weighted by atomic mass is 16.7. The molecule has 2 aliphatic carbocycles. The van der Waals surface area contributed by atoms with Gasteiger partial charge >= 0.3 is 0 Å². The minimum Gasteiger partial charge on any atom is -0.488 e. The van der Waals surface area contributed by atoms with Gasteiger partial charge in [0.25, 0.3) is 0 Å². The van der Waals surface area contributed by atoms with Gasteiger partial charge in [0.2, 0.25) is 5.91 Å². The topological polar surface area (TPSA) is 68.2 Å². The summed E-state index contributed by atoms with van der Waals surface area (Å²) < 4.78 is 18.6. The van der Waals surface area contributed by atoms with E-state index in [4.69, 9.17) is 14.2 Å². The van der Waals surface area contributed by atoms with E-state index in [1.807, 2.05) is 35.2 Å². The number of likely N-dealkylation sites (tertiary alicyclic amines) is 1. The Morgan fingerprint density at radius 3 is 2.57 bits per heavy atom. The van der Waals surface area contributed by atoms with Crippen molar-refractivity contribution in [2.24, 2.45) is 28.6 Å². The minimum absolute atomic E-state index is 0.00925. The Hall–Kier alpha value is -1.63. The lowest BCUT2D eigenvalue weighted by atomic mass is 9.46. The summed E-state index contributed by atoms with van der Waals surface area (Å²) in [5.74, 6) is 2.09. The Bertz CT molecular complexity index is 871. The van der Waals surface area contributed by atoms with Gasteiger partial charge < -0.3 is 24.2 Å². The molecule has 1 N–H and O–H groups in total. The summed E-state index contributed by atoms with van der Waals surface area (Å²) in [6.45, 7) is 9.61. The van der Waals surface area contributed by atoms with E-state index in [0.717, 1.165) is 57.4 Å². The monoisotopic (exact) mass is 485 g/mol.